The molecule has 0 saturated heterocycles. The molecular formula is H5AlBaScW. The fourth-order valence-corrected chi connectivity index (χ4v) is 0. The molecule has 0 nitrogen and oxygen atoms in total. The standard InChI is InChI=1S/Al.Ba.Sc.W.5H. The molecule has 0 aliphatic rings. The molecule has 0 rings (SSSR count). The maximum Gasteiger partial charge on any atom is 0 e. The van der Waals surface area contributed by atoms with Crippen molar-refractivity contribution in [3.63, 3.8) is 0 Å². The average Bonchev–Trinajstić information content (AvgIpc) is 0. The van der Waals surface area contributed by atoms with Crippen molar-refractivity contribution in [3.8, 4) is 0 Å². The van der Waals surface area contributed by atoms with Crippen molar-refractivity contribution in [3.05, 3.63) is 0 Å². The van der Waals surface area contributed by atoms with Crippen molar-refractivity contribution in [2.75, 3.05) is 0 Å². The number of rotatable bonds is 0. The van der Waals surface area contributed by atoms with Crippen LogP contribution in [0.2, 0.25) is 0 Å². The van der Waals surface area contributed by atoms with Gasteiger partial charge in [0.15, 0.2) is 17.4 Å². The minimum absolute atomic E-state index is 0. The third-order valence-electron chi connectivity index (χ3n) is 0. The first kappa shape index (κ1) is 25.4. The molecule has 0 spiro atoms. The van der Waals surface area contributed by atoms with E-state index in [1.165, 1.54) is 0 Å². The predicted octanol–water partition coefficient (Wildman–Crippen LogP) is -2.11. The summed E-state index contributed by atoms with van der Waals surface area (Å²) in [7, 11) is 0. The van der Waals surface area contributed by atoms with Gasteiger partial charge in [0.25, 0.3) is 0 Å². The largest absolute Gasteiger partial charge is 0 e. The molecule has 0 aromatic rings. The molecular weight excluding hydrogens is 393 g/mol. The van der Waals surface area contributed by atoms with E-state index in [2.05, 4.69) is 0 Å². The Morgan fingerprint density at radius 2 is 1.00 bits per heavy atom. The summed E-state index contributed by atoms with van der Waals surface area (Å²) in [5.74, 6) is 0. The Kier molecular flexibility index (Phi) is 101. The molecule has 19 valence electrons. The zero-order valence-corrected chi connectivity index (χ0v) is 5.72. The maximum absolute atomic E-state index is 0. The molecule has 0 aliphatic carbocycles. The van der Waals surface area contributed by atoms with Crippen LogP contribution < -0.4 is 0 Å². The summed E-state index contributed by atoms with van der Waals surface area (Å²) in [4.78, 5) is 0. The van der Waals surface area contributed by atoms with E-state index < -0.39 is 0 Å². The zero-order chi connectivity index (χ0) is 0. The van der Waals surface area contributed by atoms with Gasteiger partial charge in [-0.3, -0.25) is 0 Å². The van der Waals surface area contributed by atoms with Crippen LogP contribution in [0.25, 0.3) is 0 Å². The molecule has 0 unspecified atom stereocenters. The zero-order valence-electron chi connectivity index (χ0n) is 0.986. The maximum atomic E-state index is 0. The molecule has 0 amide bonds. The van der Waals surface area contributed by atoms with E-state index in [-0.39, 0.29) is 113 Å². The third-order valence-corrected chi connectivity index (χ3v) is 0. The molecule has 0 aromatic carbocycles. The number of hydrogen-bond donors (Lipinski definition) is 0. The van der Waals surface area contributed by atoms with Gasteiger partial charge in [-0.1, -0.05) is 0 Å². The molecule has 0 fully saturated rings. The van der Waals surface area contributed by atoms with Crippen LogP contribution in [0.15, 0.2) is 0 Å². The van der Waals surface area contributed by atoms with Gasteiger partial charge in [-0.15, -0.1) is 0 Å². The number of hydrogen-bond acceptors (Lipinski definition) is 0. The Morgan fingerprint density at radius 3 is 1.00 bits per heavy atom. The second-order valence-corrected chi connectivity index (χ2v) is 0. The smallest absolute Gasteiger partial charge is 0 e. The van der Waals surface area contributed by atoms with Gasteiger partial charge in [-0.2, -0.15) is 0 Å². The van der Waals surface area contributed by atoms with Crippen molar-refractivity contribution < 1.29 is 46.9 Å². The van der Waals surface area contributed by atoms with Crippen molar-refractivity contribution in [1.29, 1.82) is 0 Å². The van der Waals surface area contributed by atoms with Crippen LogP contribution in [0, 0.1) is 0 Å². The Labute approximate surface area is 110 Å². The van der Waals surface area contributed by atoms with Crippen molar-refractivity contribution >= 4 is 66.2 Å². The molecule has 0 heterocycles. The Bertz CT molecular complexity index is 8.00. The van der Waals surface area contributed by atoms with E-state index in [4.69, 9.17) is 0 Å². The Morgan fingerprint density at radius 1 is 1.00 bits per heavy atom. The summed E-state index contributed by atoms with van der Waals surface area (Å²) in [6.07, 6.45) is 0. The van der Waals surface area contributed by atoms with Gasteiger partial charge in [0.1, 0.15) is 0 Å². The summed E-state index contributed by atoms with van der Waals surface area (Å²) in [6.45, 7) is 0. The van der Waals surface area contributed by atoms with Gasteiger partial charge in [0.2, 0.25) is 0 Å². The molecule has 0 aromatic heterocycles. The quantitative estimate of drug-likeness (QED) is 0.411. The van der Waals surface area contributed by atoms with Gasteiger partial charge in [-0.25, -0.2) is 0 Å². The average molecular weight is 398 g/mol. The second-order valence-electron chi connectivity index (χ2n) is 0. The SMILES string of the molecule is [AlH3].[BaH2].[Sc].[W]. The first-order valence-corrected chi connectivity index (χ1v) is 0. The van der Waals surface area contributed by atoms with Crippen LogP contribution in [-0.2, 0) is 46.9 Å². The molecule has 0 atom stereocenters. The van der Waals surface area contributed by atoms with E-state index in [1.54, 1.807) is 0 Å². The van der Waals surface area contributed by atoms with E-state index in [9.17, 15) is 0 Å². The fourth-order valence-electron chi connectivity index (χ4n) is 0. The summed E-state index contributed by atoms with van der Waals surface area (Å²) in [6, 6.07) is 0. The van der Waals surface area contributed by atoms with Crippen LogP contribution in [0.4, 0.5) is 0 Å². The molecule has 4 heavy (non-hydrogen) atoms. The van der Waals surface area contributed by atoms with Crippen LogP contribution in [0.3, 0.4) is 0 Å². The summed E-state index contributed by atoms with van der Waals surface area (Å²) in [5, 5.41) is 0. The monoisotopic (exact) mass is 399 g/mol. The van der Waals surface area contributed by atoms with Crippen LogP contribution >= 0.6 is 0 Å². The second kappa shape index (κ2) is 15.9. The van der Waals surface area contributed by atoms with Gasteiger partial charge in [0, 0.05) is 46.9 Å². The first-order chi connectivity index (χ1) is 0. The van der Waals surface area contributed by atoms with Crippen molar-refractivity contribution in [2.45, 2.75) is 0 Å². The van der Waals surface area contributed by atoms with Crippen molar-refractivity contribution in [1.82, 2.24) is 0 Å². The normalized spacial score (nSPS) is 0. The topological polar surface area (TPSA) is 0 Å². The first-order valence-electron chi connectivity index (χ1n) is 0. The molecule has 0 N–H and O–H groups in total. The van der Waals surface area contributed by atoms with Gasteiger partial charge in [-0.05, 0) is 0 Å². The van der Waals surface area contributed by atoms with Crippen LogP contribution in [0.5, 0.6) is 0 Å². The van der Waals surface area contributed by atoms with Gasteiger partial charge in [0.05, 0.1) is 0 Å². The molecule has 4 heteroatoms. The predicted molar refractivity (Wildman–Crippen MR) is 18.5 cm³/mol. The van der Waals surface area contributed by atoms with Crippen LogP contribution in [0.1, 0.15) is 0 Å². The summed E-state index contributed by atoms with van der Waals surface area (Å²) in [5.41, 5.74) is 0. The van der Waals surface area contributed by atoms with Gasteiger partial charge >= 0.3 is 48.9 Å². The van der Waals surface area contributed by atoms with E-state index in [0.29, 0.717) is 0 Å². The third kappa shape index (κ3) is 9.18. The Hall–Kier alpha value is 3.66. The molecule has 0 saturated carbocycles. The Balaban J connectivity index is 0. The van der Waals surface area contributed by atoms with Crippen molar-refractivity contribution in [2.24, 2.45) is 0 Å². The van der Waals surface area contributed by atoms with Gasteiger partial charge < -0.3 is 0 Å². The van der Waals surface area contributed by atoms with E-state index in [1.807, 2.05) is 0 Å². The summed E-state index contributed by atoms with van der Waals surface area (Å²) < 4.78 is 0. The molecule has 0 bridgehead atoms. The van der Waals surface area contributed by atoms with Crippen LogP contribution in [-0.4, -0.2) is 66.2 Å². The summed E-state index contributed by atoms with van der Waals surface area (Å²) >= 11 is 0. The molecule has 1 radical (unpaired) electrons. The minimum atomic E-state index is 0. The molecule has 0 aliphatic heterocycles. The van der Waals surface area contributed by atoms with E-state index in [0.717, 1.165) is 0 Å². The van der Waals surface area contributed by atoms with E-state index >= 15 is 0 Å². The fraction of sp³-hybridized carbons (Fsp3) is 0. The minimum Gasteiger partial charge on any atom is 0 e.